The summed E-state index contributed by atoms with van der Waals surface area (Å²) in [5, 5.41) is 25.2. The molecule has 0 saturated carbocycles. The lowest BCUT2D eigenvalue weighted by atomic mass is 10.0. The van der Waals surface area contributed by atoms with Crippen LogP contribution in [0.25, 0.3) is 0 Å². The second-order valence-electron chi connectivity index (χ2n) is 8.10. The Kier molecular flexibility index (Phi) is 9.09. The van der Waals surface area contributed by atoms with Gasteiger partial charge in [0.1, 0.15) is 29.8 Å². The number of aliphatic carboxylic acids is 2. The topological polar surface area (TPSA) is 179 Å². The second kappa shape index (κ2) is 12.0. The minimum absolute atomic E-state index is 0.0211. The Hall–Kier alpha value is -3.39. The standard InChI is InChI=1S/C22H25N3O9S2/c1-11(26)34-9-12-10-36-20-17(19(29)25(20)18(12)22(32)33)24-15(27)6-2-5-14(21(30)31)23-16(28)8-13-4-3-7-35-13/h3-4,7,14,17,20H,2,5-6,8-10H2,1H3,(H,23,28)(H,24,27)(H,30,31)(H,32,33). The highest BCUT2D eigenvalue weighted by molar-refractivity contribution is 8.00. The zero-order valence-electron chi connectivity index (χ0n) is 19.2. The predicted octanol–water partition coefficient (Wildman–Crippen LogP) is 0.332. The number of β-lactam (4-membered cyclic amide) rings is 1. The molecule has 3 heterocycles. The Morgan fingerprint density at radius 1 is 1.22 bits per heavy atom. The van der Waals surface area contributed by atoms with Crippen molar-refractivity contribution in [1.82, 2.24) is 15.5 Å². The molecule has 1 aromatic heterocycles. The highest BCUT2D eigenvalue weighted by Crippen LogP contribution is 2.40. The van der Waals surface area contributed by atoms with Crippen LogP contribution >= 0.6 is 23.1 Å². The quantitative estimate of drug-likeness (QED) is 0.214. The minimum atomic E-state index is -1.33. The molecule has 3 atom stereocenters. The molecule has 0 aromatic carbocycles. The van der Waals surface area contributed by atoms with Gasteiger partial charge in [-0.25, -0.2) is 9.59 Å². The maximum Gasteiger partial charge on any atom is 0.352 e. The lowest BCUT2D eigenvalue weighted by Gasteiger charge is -2.49. The molecule has 0 bridgehead atoms. The van der Waals surface area contributed by atoms with Gasteiger partial charge in [0.25, 0.3) is 5.91 Å². The van der Waals surface area contributed by atoms with Crippen molar-refractivity contribution >= 4 is 58.7 Å². The number of rotatable bonds is 12. The van der Waals surface area contributed by atoms with Crippen molar-refractivity contribution in [3.8, 4) is 0 Å². The number of esters is 1. The van der Waals surface area contributed by atoms with Gasteiger partial charge < -0.3 is 25.6 Å². The van der Waals surface area contributed by atoms with Crippen molar-refractivity contribution in [2.45, 2.75) is 50.1 Å². The first kappa shape index (κ1) is 27.2. The average Bonchev–Trinajstić information content (AvgIpc) is 3.32. The number of hydrogen-bond acceptors (Lipinski definition) is 9. The van der Waals surface area contributed by atoms with E-state index in [4.69, 9.17) is 4.74 Å². The number of nitrogens with zero attached hydrogens (tertiary/aromatic N) is 1. The minimum Gasteiger partial charge on any atom is -0.480 e. The average molecular weight is 540 g/mol. The van der Waals surface area contributed by atoms with E-state index in [-0.39, 0.29) is 49.3 Å². The molecule has 0 aliphatic carbocycles. The summed E-state index contributed by atoms with van der Waals surface area (Å²) in [6.07, 6.45) is 0.159. The van der Waals surface area contributed by atoms with Crippen LogP contribution in [-0.4, -0.2) is 80.6 Å². The highest BCUT2D eigenvalue weighted by atomic mass is 32.2. The highest BCUT2D eigenvalue weighted by Gasteiger charge is 2.54. The van der Waals surface area contributed by atoms with Crippen LogP contribution in [0.2, 0.25) is 0 Å². The number of ether oxygens (including phenoxy) is 1. The first-order chi connectivity index (χ1) is 17.1. The molecule has 2 aliphatic heterocycles. The van der Waals surface area contributed by atoms with Gasteiger partial charge in [-0.3, -0.25) is 24.1 Å². The van der Waals surface area contributed by atoms with E-state index in [0.29, 0.717) is 0 Å². The van der Waals surface area contributed by atoms with Gasteiger partial charge in [0.15, 0.2) is 0 Å². The van der Waals surface area contributed by atoms with Crippen LogP contribution < -0.4 is 10.6 Å². The number of hydrogen-bond donors (Lipinski definition) is 4. The van der Waals surface area contributed by atoms with Gasteiger partial charge in [0.05, 0.1) is 6.42 Å². The second-order valence-corrected chi connectivity index (χ2v) is 10.2. The first-order valence-corrected chi connectivity index (χ1v) is 12.9. The summed E-state index contributed by atoms with van der Waals surface area (Å²) in [6, 6.07) is 1.49. The monoisotopic (exact) mass is 539 g/mol. The number of nitrogens with one attached hydrogen (secondary N) is 2. The number of amides is 3. The van der Waals surface area contributed by atoms with E-state index in [1.165, 1.54) is 30.0 Å². The molecule has 14 heteroatoms. The zero-order valence-corrected chi connectivity index (χ0v) is 20.9. The summed E-state index contributed by atoms with van der Waals surface area (Å²) in [7, 11) is 0. The van der Waals surface area contributed by atoms with Crippen LogP contribution in [0.3, 0.4) is 0 Å². The molecule has 1 aromatic rings. The number of carboxylic acids is 2. The maximum atomic E-state index is 12.6. The van der Waals surface area contributed by atoms with E-state index in [9.17, 15) is 39.0 Å². The molecule has 3 amide bonds. The summed E-state index contributed by atoms with van der Waals surface area (Å²) in [5.41, 5.74) is 0.0380. The molecule has 0 radical (unpaired) electrons. The van der Waals surface area contributed by atoms with Crippen LogP contribution in [0.1, 0.15) is 31.1 Å². The molecule has 3 unspecified atom stereocenters. The molecular weight excluding hydrogens is 514 g/mol. The van der Waals surface area contributed by atoms with Crippen LogP contribution in [-0.2, 0) is 39.9 Å². The largest absolute Gasteiger partial charge is 0.480 e. The third-order valence-electron chi connectivity index (χ3n) is 5.46. The smallest absolute Gasteiger partial charge is 0.352 e. The van der Waals surface area contributed by atoms with Gasteiger partial charge >= 0.3 is 17.9 Å². The Morgan fingerprint density at radius 2 is 1.97 bits per heavy atom. The fraction of sp³-hybridized carbons (Fsp3) is 0.455. The molecule has 0 spiro atoms. The lowest BCUT2D eigenvalue weighted by Crippen LogP contribution is -2.70. The number of carboxylic acid groups (broad SMARTS) is 2. The summed E-state index contributed by atoms with van der Waals surface area (Å²) in [4.78, 5) is 73.3. The Morgan fingerprint density at radius 3 is 2.58 bits per heavy atom. The van der Waals surface area contributed by atoms with Gasteiger partial charge in [0, 0.05) is 29.5 Å². The number of carbonyl (C=O) groups excluding carboxylic acids is 4. The number of carbonyl (C=O) groups is 6. The third kappa shape index (κ3) is 6.63. The molecule has 3 rings (SSSR count). The molecule has 194 valence electrons. The summed E-state index contributed by atoms with van der Waals surface area (Å²) < 4.78 is 4.88. The summed E-state index contributed by atoms with van der Waals surface area (Å²) in [5.74, 6) is -4.43. The third-order valence-corrected chi connectivity index (χ3v) is 7.68. The fourth-order valence-corrected chi connectivity index (χ4v) is 5.80. The SMILES string of the molecule is CC(=O)OCC1=C(C(=O)O)N2C(=O)C(NC(=O)CCCC(NC(=O)Cc3cccs3)C(=O)O)C2SC1. The van der Waals surface area contributed by atoms with E-state index in [1.54, 1.807) is 12.1 Å². The van der Waals surface area contributed by atoms with Crippen molar-refractivity contribution < 1.29 is 43.7 Å². The molecule has 12 nitrogen and oxygen atoms in total. The van der Waals surface area contributed by atoms with Gasteiger partial charge in [0.2, 0.25) is 11.8 Å². The van der Waals surface area contributed by atoms with Crippen LogP contribution in [0.15, 0.2) is 28.8 Å². The van der Waals surface area contributed by atoms with Crippen LogP contribution in [0, 0.1) is 0 Å². The number of thiophene rings is 1. The summed E-state index contributed by atoms with van der Waals surface area (Å²) in [6.45, 7) is 0.948. The van der Waals surface area contributed by atoms with Crippen LogP contribution in [0.5, 0.6) is 0 Å². The van der Waals surface area contributed by atoms with Gasteiger partial charge in [-0.2, -0.15) is 0 Å². The molecule has 36 heavy (non-hydrogen) atoms. The van der Waals surface area contributed by atoms with Crippen LogP contribution in [0.4, 0.5) is 0 Å². The van der Waals surface area contributed by atoms with E-state index < -0.39 is 53.1 Å². The van der Waals surface area contributed by atoms with Crippen molar-refractivity contribution in [2.75, 3.05) is 12.4 Å². The van der Waals surface area contributed by atoms with E-state index in [2.05, 4.69) is 10.6 Å². The Bertz CT molecular complexity index is 1090. The van der Waals surface area contributed by atoms with Crippen molar-refractivity contribution in [3.63, 3.8) is 0 Å². The first-order valence-electron chi connectivity index (χ1n) is 11.0. The van der Waals surface area contributed by atoms with Gasteiger partial charge in [-0.05, 0) is 24.3 Å². The van der Waals surface area contributed by atoms with E-state index in [0.717, 1.165) is 9.78 Å². The summed E-state index contributed by atoms with van der Waals surface area (Å²) >= 11 is 2.63. The fourth-order valence-electron chi connectivity index (χ4n) is 3.77. The molecular formula is C22H25N3O9S2. The number of fused-ring (bicyclic) bond motifs is 1. The van der Waals surface area contributed by atoms with Crippen molar-refractivity contribution in [3.05, 3.63) is 33.7 Å². The van der Waals surface area contributed by atoms with Crippen molar-refractivity contribution in [1.29, 1.82) is 0 Å². The molecule has 1 saturated heterocycles. The molecule has 4 N–H and O–H groups in total. The molecule has 2 aliphatic rings. The van der Waals surface area contributed by atoms with E-state index in [1.807, 2.05) is 5.38 Å². The van der Waals surface area contributed by atoms with Crippen molar-refractivity contribution in [2.24, 2.45) is 0 Å². The Balaban J connectivity index is 1.49. The predicted molar refractivity (Wildman–Crippen MR) is 128 cm³/mol. The number of thioether (sulfide) groups is 1. The lowest BCUT2D eigenvalue weighted by molar-refractivity contribution is -0.151. The van der Waals surface area contributed by atoms with E-state index >= 15 is 0 Å². The normalized spacial score (nSPS) is 19.6. The Labute approximate surface area is 214 Å². The molecule has 1 fully saturated rings. The van der Waals surface area contributed by atoms with Gasteiger partial charge in [-0.15, -0.1) is 23.1 Å². The zero-order chi connectivity index (χ0) is 26.4. The van der Waals surface area contributed by atoms with Gasteiger partial charge in [-0.1, -0.05) is 6.07 Å². The maximum absolute atomic E-state index is 12.6.